The van der Waals surface area contributed by atoms with E-state index in [0.29, 0.717) is 5.92 Å². The van der Waals surface area contributed by atoms with Gasteiger partial charge in [0.2, 0.25) is 0 Å². The number of rotatable bonds is 3. The van der Waals surface area contributed by atoms with Crippen LogP contribution in [0, 0.1) is 0 Å². The van der Waals surface area contributed by atoms with Gasteiger partial charge in [-0.25, -0.2) is 0 Å². The van der Waals surface area contributed by atoms with Crippen LogP contribution in [0.2, 0.25) is 0 Å². The van der Waals surface area contributed by atoms with Crippen molar-refractivity contribution in [3.63, 3.8) is 0 Å². The summed E-state index contributed by atoms with van der Waals surface area (Å²) in [6.45, 7) is 2.14. The van der Waals surface area contributed by atoms with Crippen LogP contribution in [0.25, 0.3) is 0 Å². The van der Waals surface area contributed by atoms with Crippen LogP contribution in [-0.2, 0) is 13.5 Å². The van der Waals surface area contributed by atoms with Crippen LogP contribution in [0.4, 0.5) is 0 Å². The van der Waals surface area contributed by atoms with Crippen molar-refractivity contribution in [2.24, 2.45) is 7.05 Å². The smallest absolute Gasteiger partial charge is 0.166 e. The lowest BCUT2D eigenvalue weighted by Gasteiger charge is -2.08. The van der Waals surface area contributed by atoms with Crippen LogP contribution in [0.1, 0.15) is 60.3 Å². The normalized spacial score (nSPS) is 17.2. The maximum absolute atomic E-state index is 11.1. The first-order chi connectivity index (χ1) is 7.27. The molecule has 1 aromatic heterocycles. The minimum absolute atomic E-state index is 0.636. The van der Waals surface area contributed by atoms with Gasteiger partial charge in [-0.15, -0.1) is 0 Å². The topological polar surface area (TPSA) is 22.0 Å². The molecular formula is C13H19NO. The first kappa shape index (κ1) is 10.5. The molecule has 0 saturated heterocycles. The fraction of sp³-hybridized carbons (Fsp3) is 0.615. The van der Waals surface area contributed by atoms with E-state index in [0.717, 1.165) is 18.4 Å². The number of hydrogen-bond acceptors (Lipinski definition) is 1. The highest BCUT2D eigenvalue weighted by molar-refractivity contribution is 5.76. The van der Waals surface area contributed by atoms with Crippen molar-refractivity contribution in [3.05, 3.63) is 23.0 Å². The van der Waals surface area contributed by atoms with Crippen molar-refractivity contribution in [1.29, 1.82) is 0 Å². The van der Waals surface area contributed by atoms with E-state index in [1.54, 1.807) is 0 Å². The standard InChI is InChI=1S/C13H19NO/c1-3-11-8-12(10-6-4-5-7-10)13(9-15)14(11)2/h8-10H,3-7H2,1-2H3. The maximum atomic E-state index is 11.1. The number of carbonyl (C=O) groups is 1. The summed E-state index contributed by atoms with van der Waals surface area (Å²) in [5.41, 5.74) is 3.47. The van der Waals surface area contributed by atoms with E-state index in [-0.39, 0.29) is 0 Å². The molecule has 0 aromatic carbocycles. The average Bonchev–Trinajstić information content (AvgIpc) is 2.84. The van der Waals surface area contributed by atoms with Gasteiger partial charge in [-0.1, -0.05) is 19.8 Å². The number of carbonyl (C=O) groups excluding carboxylic acids is 1. The quantitative estimate of drug-likeness (QED) is 0.695. The summed E-state index contributed by atoms with van der Waals surface area (Å²) in [6, 6.07) is 2.24. The molecule has 0 N–H and O–H groups in total. The van der Waals surface area contributed by atoms with E-state index in [1.165, 1.54) is 36.9 Å². The third-order valence-corrected chi connectivity index (χ3v) is 3.68. The summed E-state index contributed by atoms with van der Waals surface area (Å²) in [5.74, 6) is 0.636. The third kappa shape index (κ3) is 1.73. The Morgan fingerprint density at radius 1 is 1.47 bits per heavy atom. The van der Waals surface area contributed by atoms with Crippen molar-refractivity contribution in [1.82, 2.24) is 4.57 Å². The van der Waals surface area contributed by atoms with E-state index in [9.17, 15) is 4.79 Å². The molecule has 1 aliphatic carbocycles. The van der Waals surface area contributed by atoms with Crippen molar-refractivity contribution in [2.75, 3.05) is 0 Å². The lowest BCUT2D eigenvalue weighted by molar-refractivity contribution is 0.111. The number of aromatic nitrogens is 1. The van der Waals surface area contributed by atoms with Crippen LogP contribution in [-0.4, -0.2) is 10.9 Å². The van der Waals surface area contributed by atoms with E-state index in [4.69, 9.17) is 0 Å². The Labute approximate surface area is 91.3 Å². The van der Waals surface area contributed by atoms with E-state index in [1.807, 2.05) is 7.05 Å². The largest absolute Gasteiger partial charge is 0.345 e. The van der Waals surface area contributed by atoms with Gasteiger partial charge in [-0.3, -0.25) is 4.79 Å². The molecule has 0 bridgehead atoms. The van der Waals surface area contributed by atoms with Gasteiger partial charge in [0, 0.05) is 12.7 Å². The molecule has 1 heterocycles. The molecule has 1 aromatic rings. The van der Waals surface area contributed by atoms with Gasteiger partial charge in [-0.05, 0) is 36.8 Å². The minimum atomic E-state index is 0.636. The number of hydrogen-bond donors (Lipinski definition) is 0. The SMILES string of the molecule is CCc1cc(C2CCCC2)c(C=O)n1C. The van der Waals surface area contributed by atoms with Gasteiger partial charge in [0.15, 0.2) is 6.29 Å². The van der Waals surface area contributed by atoms with Crippen molar-refractivity contribution in [3.8, 4) is 0 Å². The molecule has 0 unspecified atom stereocenters. The van der Waals surface area contributed by atoms with Gasteiger partial charge in [0.1, 0.15) is 0 Å². The first-order valence-corrected chi connectivity index (χ1v) is 5.91. The summed E-state index contributed by atoms with van der Waals surface area (Å²) in [7, 11) is 2.00. The zero-order valence-corrected chi connectivity index (χ0v) is 9.62. The molecule has 2 nitrogen and oxygen atoms in total. The molecule has 1 fully saturated rings. The Bertz CT molecular complexity index is 359. The van der Waals surface area contributed by atoms with Gasteiger partial charge in [0.05, 0.1) is 5.69 Å². The maximum Gasteiger partial charge on any atom is 0.166 e. The Kier molecular flexibility index (Phi) is 2.94. The van der Waals surface area contributed by atoms with Crippen LogP contribution in [0.5, 0.6) is 0 Å². The second-order valence-corrected chi connectivity index (χ2v) is 4.49. The lowest BCUT2D eigenvalue weighted by atomic mass is 9.98. The van der Waals surface area contributed by atoms with E-state index >= 15 is 0 Å². The highest BCUT2D eigenvalue weighted by Crippen LogP contribution is 2.36. The highest BCUT2D eigenvalue weighted by atomic mass is 16.1. The molecule has 82 valence electrons. The Morgan fingerprint density at radius 3 is 2.67 bits per heavy atom. The molecule has 2 heteroatoms. The second-order valence-electron chi connectivity index (χ2n) is 4.49. The molecule has 0 aliphatic heterocycles. The number of nitrogens with zero attached hydrogens (tertiary/aromatic N) is 1. The average molecular weight is 205 g/mol. The summed E-state index contributed by atoms with van der Waals surface area (Å²) in [4.78, 5) is 11.1. The van der Waals surface area contributed by atoms with Crippen LogP contribution in [0.15, 0.2) is 6.07 Å². The summed E-state index contributed by atoms with van der Waals surface area (Å²) in [5, 5.41) is 0. The predicted molar refractivity (Wildman–Crippen MR) is 61.4 cm³/mol. The van der Waals surface area contributed by atoms with Crippen LogP contribution < -0.4 is 0 Å². The highest BCUT2D eigenvalue weighted by Gasteiger charge is 2.22. The number of aldehydes is 1. The fourth-order valence-corrected chi connectivity index (χ4v) is 2.75. The van der Waals surface area contributed by atoms with Gasteiger partial charge < -0.3 is 4.57 Å². The second kappa shape index (κ2) is 4.21. The fourth-order valence-electron chi connectivity index (χ4n) is 2.75. The van der Waals surface area contributed by atoms with Crippen LogP contribution in [0.3, 0.4) is 0 Å². The van der Waals surface area contributed by atoms with E-state index < -0.39 is 0 Å². The number of aryl methyl sites for hydroxylation is 1. The van der Waals surface area contributed by atoms with Crippen molar-refractivity contribution in [2.45, 2.75) is 44.9 Å². The molecule has 15 heavy (non-hydrogen) atoms. The van der Waals surface area contributed by atoms with E-state index in [2.05, 4.69) is 17.6 Å². The zero-order chi connectivity index (χ0) is 10.8. The van der Waals surface area contributed by atoms with Crippen molar-refractivity contribution >= 4 is 6.29 Å². The Hall–Kier alpha value is -1.05. The summed E-state index contributed by atoms with van der Waals surface area (Å²) >= 11 is 0. The predicted octanol–water partition coefficient (Wildman–Crippen LogP) is 3.06. The molecule has 0 radical (unpaired) electrons. The first-order valence-electron chi connectivity index (χ1n) is 5.91. The third-order valence-electron chi connectivity index (χ3n) is 3.68. The minimum Gasteiger partial charge on any atom is -0.345 e. The van der Waals surface area contributed by atoms with Gasteiger partial charge in [0.25, 0.3) is 0 Å². The molecule has 0 spiro atoms. The van der Waals surface area contributed by atoms with Crippen LogP contribution >= 0.6 is 0 Å². The lowest BCUT2D eigenvalue weighted by Crippen LogP contribution is -2.02. The Morgan fingerprint density at radius 2 is 2.13 bits per heavy atom. The molecule has 2 rings (SSSR count). The van der Waals surface area contributed by atoms with Gasteiger partial charge in [-0.2, -0.15) is 0 Å². The molecular weight excluding hydrogens is 186 g/mol. The Balaban J connectivity index is 2.40. The molecule has 1 aliphatic rings. The summed E-state index contributed by atoms with van der Waals surface area (Å²) in [6.07, 6.45) is 7.18. The molecule has 0 amide bonds. The van der Waals surface area contributed by atoms with Gasteiger partial charge >= 0.3 is 0 Å². The molecule has 1 saturated carbocycles. The molecule has 0 atom stereocenters. The zero-order valence-electron chi connectivity index (χ0n) is 9.62. The van der Waals surface area contributed by atoms with Crippen molar-refractivity contribution < 1.29 is 4.79 Å². The monoisotopic (exact) mass is 205 g/mol. The summed E-state index contributed by atoms with van der Waals surface area (Å²) < 4.78 is 2.06.